The molecule has 0 amide bonds. The molecule has 0 spiro atoms. The summed E-state index contributed by atoms with van der Waals surface area (Å²) < 4.78 is 31.7. The van der Waals surface area contributed by atoms with E-state index in [0.29, 0.717) is 31.4 Å². The number of rotatable bonds is 6. The molecule has 232 valence electrons. The molecule has 4 aliphatic carbocycles. The molecule has 3 aromatic heterocycles. The average Bonchev–Trinajstić information content (AvgIpc) is 3.73. The van der Waals surface area contributed by atoms with E-state index in [-0.39, 0.29) is 39.9 Å². The normalized spacial score (nSPS) is 33.9. The van der Waals surface area contributed by atoms with Gasteiger partial charge in [0.15, 0.2) is 17.7 Å². The van der Waals surface area contributed by atoms with E-state index in [0.717, 1.165) is 42.3 Å². The Hall–Kier alpha value is -3.35. The first-order valence-electron chi connectivity index (χ1n) is 15.0. The molecule has 4 aliphatic rings. The maximum Gasteiger partial charge on any atom is 0.361 e. The topological polar surface area (TPSA) is 130 Å². The summed E-state index contributed by atoms with van der Waals surface area (Å²) in [5, 5.41) is 16.4. The summed E-state index contributed by atoms with van der Waals surface area (Å²) in [5.74, 6) is -0.989. The number of allylic oxidation sites excluding steroid dienone is 1. The summed E-state index contributed by atoms with van der Waals surface area (Å²) in [4.78, 5) is 35.0. The quantitative estimate of drug-likeness (QED) is 0.228. The molecule has 44 heavy (non-hydrogen) atoms. The number of nitrogens with zero attached hydrogens (tertiary/aromatic N) is 4. The third-order valence-electron chi connectivity index (χ3n) is 11.0. The van der Waals surface area contributed by atoms with Crippen LogP contribution in [0.25, 0.3) is 11.8 Å². The van der Waals surface area contributed by atoms with Crippen molar-refractivity contribution in [3.63, 3.8) is 0 Å². The largest absolute Gasteiger partial charge is 0.451 e. The number of halogens is 1. The Bertz CT molecular complexity index is 1630. The van der Waals surface area contributed by atoms with Gasteiger partial charge in [-0.3, -0.25) is 4.79 Å². The van der Waals surface area contributed by atoms with E-state index < -0.39 is 29.0 Å². The van der Waals surface area contributed by atoms with E-state index in [4.69, 9.17) is 13.9 Å². The van der Waals surface area contributed by atoms with Crippen LogP contribution in [0.2, 0.25) is 0 Å². The second-order valence-corrected chi connectivity index (χ2v) is 14.0. The molecule has 3 heterocycles. The van der Waals surface area contributed by atoms with Gasteiger partial charge in [0, 0.05) is 12.5 Å². The van der Waals surface area contributed by atoms with Gasteiger partial charge in [0.2, 0.25) is 11.1 Å². The summed E-state index contributed by atoms with van der Waals surface area (Å²) in [7, 11) is 1.52. The minimum Gasteiger partial charge on any atom is -0.451 e. The SMILES string of the molecule is COCSC(=O)C1(OC(=O)c2cocn2)CC[C@H]2[C@@H]3CCC4=Cc5c(cnn5-c5ccc(F)nc5)C[C@]4(C)C3[C@@H](O)C[C@@]21C. The second kappa shape index (κ2) is 10.6. The van der Waals surface area contributed by atoms with E-state index >= 15 is 0 Å². The van der Waals surface area contributed by atoms with Crippen LogP contribution in [-0.2, 0) is 20.7 Å². The van der Waals surface area contributed by atoms with Gasteiger partial charge in [-0.2, -0.15) is 9.49 Å². The van der Waals surface area contributed by atoms with E-state index in [1.165, 1.54) is 31.2 Å². The number of pyridine rings is 1. The van der Waals surface area contributed by atoms with E-state index in [1.807, 2.05) is 13.1 Å². The Kier molecular flexibility index (Phi) is 7.09. The van der Waals surface area contributed by atoms with Crippen LogP contribution in [0.15, 0.2) is 47.2 Å². The van der Waals surface area contributed by atoms with Crippen LogP contribution in [0.4, 0.5) is 4.39 Å². The van der Waals surface area contributed by atoms with Crippen LogP contribution < -0.4 is 0 Å². The molecule has 0 aliphatic heterocycles. The lowest BCUT2D eigenvalue weighted by Gasteiger charge is -2.60. The molecule has 1 N–H and O–H groups in total. The molecule has 3 aromatic rings. The number of fused-ring (bicyclic) bond motifs is 6. The number of aromatic nitrogens is 4. The molecule has 3 saturated carbocycles. The second-order valence-electron chi connectivity index (χ2n) is 13.1. The van der Waals surface area contributed by atoms with Crippen molar-refractivity contribution in [2.24, 2.45) is 28.6 Å². The molecule has 10 nitrogen and oxygen atoms in total. The van der Waals surface area contributed by atoms with Gasteiger partial charge >= 0.3 is 5.97 Å². The minimum absolute atomic E-state index is 0.00475. The Morgan fingerprint density at radius 1 is 1.23 bits per heavy atom. The van der Waals surface area contributed by atoms with Crippen molar-refractivity contribution in [3.05, 3.63) is 65.7 Å². The smallest absolute Gasteiger partial charge is 0.361 e. The fraction of sp³-hybridized carbons (Fsp3) is 0.531. The lowest BCUT2D eigenvalue weighted by Crippen LogP contribution is -2.62. The number of methoxy groups -OCH3 is 1. The first kappa shape index (κ1) is 29.4. The highest BCUT2D eigenvalue weighted by Crippen LogP contribution is 2.69. The average molecular weight is 623 g/mol. The van der Waals surface area contributed by atoms with Gasteiger partial charge in [0.25, 0.3) is 0 Å². The molecular formula is C32H35FN4O6S. The van der Waals surface area contributed by atoms with Crippen molar-refractivity contribution in [2.45, 2.75) is 64.1 Å². The van der Waals surface area contributed by atoms with Crippen molar-refractivity contribution < 1.29 is 33.0 Å². The van der Waals surface area contributed by atoms with Crippen LogP contribution in [0.1, 0.15) is 67.7 Å². The van der Waals surface area contributed by atoms with E-state index in [9.17, 15) is 19.1 Å². The third-order valence-corrected chi connectivity index (χ3v) is 12.0. The van der Waals surface area contributed by atoms with Crippen LogP contribution in [0, 0.1) is 34.5 Å². The van der Waals surface area contributed by atoms with E-state index in [2.05, 4.69) is 28.1 Å². The number of hydrogen-bond acceptors (Lipinski definition) is 10. The van der Waals surface area contributed by atoms with Crippen molar-refractivity contribution in [1.82, 2.24) is 19.7 Å². The Balaban J connectivity index is 1.22. The summed E-state index contributed by atoms with van der Waals surface area (Å²) in [6.07, 6.45) is 10.9. The van der Waals surface area contributed by atoms with Crippen molar-refractivity contribution in [1.29, 1.82) is 0 Å². The fourth-order valence-corrected chi connectivity index (χ4v) is 10.0. The Morgan fingerprint density at radius 3 is 2.80 bits per heavy atom. The molecule has 2 unspecified atom stereocenters. The summed E-state index contributed by atoms with van der Waals surface area (Å²) in [6, 6.07) is 2.99. The van der Waals surface area contributed by atoms with Crippen molar-refractivity contribution in [3.8, 4) is 5.69 Å². The third kappa shape index (κ3) is 4.24. The maximum atomic E-state index is 14.0. The van der Waals surface area contributed by atoms with Gasteiger partial charge in [0.1, 0.15) is 6.26 Å². The monoisotopic (exact) mass is 622 g/mol. The minimum atomic E-state index is -1.44. The maximum absolute atomic E-state index is 14.0. The first-order chi connectivity index (χ1) is 21.1. The van der Waals surface area contributed by atoms with Gasteiger partial charge in [-0.1, -0.05) is 31.2 Å². The summed E-state index contributed by atoms with van der Waals surface area (Å²) in [5.41, 5.74) is 1.43. The molecular weight excluding hydrogens is 587 g/mol. The van der Waals surface area contributed by atoms with Crippen molar-refractivity contribution in [2.75, 3.05) is 13.0 Å². The Morgan fingerprint density at radius 2 is 2.07 bits per heavy atom. The number of carbonyl (C=O) groups excluding carboxylic acids is 2. The lowest BCUT2D eigenvalue weighted by molar-refractivity contribution is -0.174. The van der Waals surface area contributed by atoms with Crippen LogP contribution in [0.5, 0.6) is 0 Å². The van der Waals surface area contributed by atoms with E-state index in [1.54, 1.807) is 10.7 Å². The fourth-order valence-electron chi connectivity index (χ4n) is 9.17. The molecule has 7 rings (SSSR count). The lowest BCUT2D eigenvalue weighted by atomic mass is 9.45. The zero-order valence-electron chi connectivity index (χ0n) is 24.9. The zero-order valence-corrected chi connectivity index (χ0v) is 25.7. The van der Waals surface area contributed by atoms with Gasteiger partial charge in [0.05, 0.1) is 35.8 Å². The first-order valence-corrected chi connectivity index (χ1v) is 16.0. The van der Waals surface area contributed by atoms with Gasteiger partial charge in [-0.05, 0) is 85.5 Å². The molecule has 0 bridgehead atoms. The highest BCUT2D eigenvalue weighted by atomic mass is 32.2. The molecule has 3 fully saturated rings. The molecule has 7 atom stereocenters. The summed E-state index contributed by atoms with van der Waals surface area (Å²) in [6.45, 7) is 4.26. The van der Waals surface area contributed by atoms with Crippen LogP contribution in [-0.4, -0.2) is 60.7 Å². The van der Waals surface area contributed by atoms with Crippen LogP contribution >= 0.6 is 11.8 Å². The predicted octanol–water partition coefficient (Wildman–Crippen LogP) is 5.01. The highest BCUT2D eigenvalue weighted by molar-refractivity contribution is 8.13. The summed E-state index contributed by atoms with van der Waals surface area (Å²) >= 11 is 1.00. The number of esters is 1. The van der Waals surface area contributed by atoms with Gasteiger partial charge in [-0.15, -0.1) is 0 Å². The molecule has 0 radical (unpaired) electrons. The number of carbonyl (C=O) groups is 2. The number of ether oxygens (including phenoxy) is 2. The van der Waals surface area contributed by atoms with Crippen molar-refractivity contribution >= 4 is 28.9 Å². The van der Waals surface area contributed by atoms with Gasteiger partial charge < -0.3 is 19.0 Å². The zero-order chi connectivity index (χ0) is 30.9. The molecule has 0 aromatic carbocycles. The number of thioether (sulfide) groups is 1. The Labute approximate surface area is 258 Å². The highest BCUT2D eigenvalue weighted by Gasteiger charge is 2.70. The van der Waals surface area contributed by atoms with Gasteiger partial charge in [-0.25, -0.2) is 19.4 Å². The molecule has 0 saturated heterocycles. The predicted molar refractivity (Wildman–Crippen MR) is 158 cm³/mol. The number of aliphatic hydroxyl groups excluding tert-OH is 1. The standard InChI is InChI=1S/C32H35FN4O6S/c1-30-11-18-13-36-37(20-5-7-26(33)34-14-20)24(18)10-19(30)4-6-21-22-8-9-32(29(40)44-17-41-3,31(22,2)12-25(38)27(21)30)43-28(39)23-15-42-16-35-23/h5,7,10,13-16,21-22,25,27,38H,4,6,8-9,11-12,17H2,1-3H3/t21-,22-,25-,27?,30-,31-,32?/m0/s1. The number of oxazole rings is 1. The molecule has 12 heteroatoms. The number of hydrogen-bond donors (Lipinski definition) is 1. The van der Waals surface area contributed by atoms with Crippen LogP contribution in [0.3, 0.4) is 0 Å². The number of aliphatic hydroxyl groups is 1.